The lowest BCUT2D eigenvalue weighted by Gasteiger charge is -2.12. The molecule has 144 valence electrons. The third kappa shape index (κ3) is 4.61. The van der Waals surface area contributed by atoms with Crippen LogP contribution < -0.4 is 15.4 Å². The Morgan fingerprint density at radius 1 is 1.11 bits per heavy atom. The van der Waals surface area contributed by atoms with Crippen LogP contribution in [0.3, 0.4) is 0 Å². The minimum atomic E-state index is -0.314. The summed E-state index contributed by atoms with van der Waals surface area (Å²) in [6, 6.07) is 15.2. The van der Waals surface area contributed by atoms with E-state index in [1.54, 1.807) is 24.4 Å². The fraction of sp³-hybridized carbons (Fsp3) is 0.182. The molecule has 1 aromatic heterocycles. The lowest BCUT2D eigenvalue weighted by Crippen LogP contribution is -2.14. The number of benzene rings is 2. The number of amides is 1. The predicted molar refractivity (Wildman–Crippen MR) is 113 cm³/mol. The number of hydrogen-bond acceptors (Lipinski definition) is 4. The Labute approximate surface area is 169 Å². The van der Waals surface area contributed by atoms with Gasteiger partial charge in [-0.2, -0.15) is 0 Å². The molecule has 0 fully saturated rings. The van der Waals surface area contributed by atoms with Crippen LogP contribution in [0.4, 0.5) is 11.4 Å². The number of aryl methyl sites for hydroxylation is 2. The molecule has 0 saturated carbocycles. The van der Waals surface area contributed by atoms with Crippen molar-refractivity contribution in [3.63, 3.8) is 0 Å². The summed E-state index contributed by atoms with van der Waals surface area (Å²) in [4.78, 5) is 16.8. The third-order valence-electron chi connectivity index (χ3n) is 4.47. The van der Waals surface area contributed by atoms with Gasteiger partial charge < -0.3 is 15.4 Å². The molecular formula is C22H22ClN3O2. The molecule has 1 amide bonds. The predicted octanol–water partition coefficient (Wildman–Crippen LogP) is 5.22. The zero-order valence-corrected chi connectivity index (χ0v) is 16.8. The normalized spacial score (nSPS) is 10.4. The van der Waals surface area contributed by atoms with E-state index in [0.29, 0.717) is 28.7 Å². The van der Waals surface area contributed by atoms with Crippen LogP contribution in [0.5, 0.6) is 5.75 Å². The number of carbonyl (C=O) groups excluding carboxylic acids is 1. The van der Waals surface area contributed by atoms with Gasteiger partial charge in [0.15, 0.2) is 0 Å². The van der Waals surface area contributed by atoms with E-state index in [4.69, 9.17) is 16.3 Å². The molecular weight excluding hydrogens is 374 g/mol. The van der Waals surface area contributed by atoms with E-state index in [-0.39, 0.29) is 5.91 Å². The Balaban J connectivity index is 1.67. The van der Waals surface area contributed by atoms with Crippen molar-refractivity contribution >= 4 is 28.9 Å². The van der Waals surface area contributed by atoms with Crippen LogP contribution in [0.25, 0.3) is 0 Å². The lowest BCUT2D eigenvalue weighted by molar-refractivity contribution is 0.102. The minimum Gasteiger partial charge on any atom is -0.495 e. The van der Waals surface area contributed by atoms with Gasteiger partial charge in [-0.15, -0.1) is 0 Å². The average molecular weight is 396 g/mol. The van der Waals surface area contributed by atoms with Gasteiger partial charge >= 0.3 is 0 Å². The Bertz CT molecular complexity index is 988. The standard InChI is InChI=1S/C22H22ClN3O2/c1-14-6-4-5-7-16(14)12-24-17-8-9-19(25-13-17)22(27)26-20-10-15(2)18(23)11-21(20)28-3/h4-11,13,24H,12H2,1-3H3,(H,26,27). The summed E-state index contributed by atoms with van der Waals surface area (Å²) in [5.41, 5.74) is 5.01. The molecule has 28 heavy (non-hydrogen) atoms. The number of methoxy groups -OCH3 is 1. The number of aromatic nitrogens is 1. The zero-order valence-electron chi connectivity index (χ0n) is 16.0. The summed E-state index contributed by atoms with van der Waals surface area (Å²) in [7, 11) is 1.53. The molecule has 2 N–H and O–H groups in total. The quantitative estimate of drug-likeness (QED) is 0.600. The molecule has 2 aromatic carbocycles. The first kappa shape index (κ1) is 19.7. The van der Waals surface area contributed by atoms with Crippen LogP contribution in [-0.2, 0) is 6.54 Å². The van der Waals surface area contributed by atoms with E-state index in [9.17, 15) is 4.79 Å². The number of hydrogen-bond donors (Lipinski definition) is 2. The number of anilines is 2. The second kappa shape index (κ2) is 8.76. The Morgan fingerprint density at radius 2 is 1.89 bits per heavy atom. The fourth-order valence-electron chi connectivity index (χ4n) is 2.75. The van der Waals surface area contributed by atoms with E-state index in [2.05, 4.69) is 34.7 Å². The first-order valence-electron chi connectivity index (χ1n) is 8.88. The van der Waals surface area contributed by atoms with Gasteiger partial charge in [0.05, 0.1) is 24.7 Å². The molecule has 0 unspecified atom stereocenters. The molecule has 0 aliphatic rings. The molecule has 6 heteroatoms. The van der Waals surface area contributed by atoms with Crippen LogP contribution in [-0.4, -0.2) is 18.0 Å². The highest BCUT2D eigenvalue weighted by molar-refractivity contribution is 6.31. The monoisotopic (exact) mass is 395 g/mol. The van der Waals surface area contributed by atoms with Gasteiger partial charge in [-0.3, -0.25) is 4.79 Å². The van der Waals surface area contributed by atoms with Crippen molar-refractivity contribution in [1.29, 1.82) is 0 Å². The van der Waals surface area contributed by atoms with Crippen LogP contribution in [0, 0.1) is 13.8 Å². The van der Waals surface area contributed by atoms with Gasteiger partial charge in [-0.25, -0.2) is 4.98 Å². The summed E-state index contributed by atoms with van der Waals surface area (Å²) < 4.78 is 5.29. The first-order chi connectivity index (χ1) is 13.5. The van der Waals surface area contributed by atoms with Gasteiger partial charge in [0.25, 0.3) is 5.91 Å². The van der Waals surface area contributed by atoms with Crippen molar-refractivity contribution in [2.24, 2.45) is 0 Å². The molecule has 0 aliphatic heterocycles. The van der Waals surface area contributed by atoms with Gasteiger partial charge in [-0.05, 0) is 48.7 Å². The maximum absolute atomic E-state index is 12.5. The summed E-state index contributed by atoms with van der Waals surface area (Å²) in [6.45, 7) is 4.64. The summed E-state index contributed by atoms with van der Waals surface area (Å²) >= 11 is 6.11. The van der Waals surface area contributed by atoms with Crippen LogP contribution in [0.2, 0.25) is 5.02 Å². The van der Waals surface area contributed by atoms with Crippen molar-refractivity contribution in [2.45, 2.75) is 20.4 Å². The molecule has 0 spiro atoms. The number of carbonyl (C=O) groups is 1. The highest BCUT2D eigenvalue weighted by atomic mass is 35.5. The molecule has 0 atom stereocenters. The van der Waals surface area contributed by atoms with E-state index in [1.807, 2.05) is 25.1 Å². The van der Waals surface area contributed by atoms with E-state index in [0.717, 1.165) is 11.3 Å². The smallest absolute Gasteiger partial charge is 0.274 e. The van der Waals surface area contributed by atoms with Crippen molar-refractivity contribution < 1.29 is 9.53 Å². The fourth-order valence-corrected chi connectivity index (χ4v) is 2.91. The Hall–Kier alpha value is -3.05. The third-order valence-corrected chi connectivity index (χ3v) is 4.88. The number of rotatable bonds is 6. The maximum Gasteiger partial charge on any atom is 0.274 e. The highest BCUT2D eigenvalue weighted by Gasteiger charge is 2.13. The summed E-state index contributed by atoms with van der Waals surface area (Å²) in [5.74, 6) is 0.186. The van der Waals surface area contributed by atoms with Gasteiger partial charge in [0.1, 0.15) is 11.4 Å². The Morgan fingerprint density at radius 3 is 2.57 bits per heavy atom. The van der Waals surface area contributed by atoms with E-state index < -0.39 is 0 Å². The topological polar surface area (TPSA) is 63.2 Å². The molecule has 1 heterocycles. The summed E-state index contributed by atoms with van der Waals surface area (Å²) in [5, 5.41) is 6.73. The zero-order chi connectivity index (χ0) is 20.1. The van der Waals surface area contributed by atoms with Gasteiger partial charge in [0, 0.05) is 17.6 Å². The highest BCUT2D eigenvalue weighted by Crippen LogP contribution is 2.31. The second-order valence-electron chi connectivity index (χ2n) is 6.47. The molecule has 3 rings (SSSR count). The second-order valence-corrected chi connectivity index (χ2v) is 6.88. The maximum atomic E-state index is 12.5. The van der Waals surface area contributed by atoms with Crippen LogP contribution in [0.1, 0.15) is 27.2 Å². The molecule has 0 radical (unpaired) electrons. The van der Waals surface area contributed by atoms with Crippen molar-refractivity contribution in [1.82, 2.24) is 4.98 Å². The molecule has 0 aliphatic carbocycles. The number of nitrogens with zero attached hydrogens (tertiary/aromatic N) is 1. The lowest BCUT2D eigenvalue weighted by atomic mass is 10.1. The SMILES string of the molecule is COc1cc(Cl)c(C)cc1NC(=O)c1ccc(NCc2ccccc2C)cn1. The van der Waals surface area contributed by atoms with Crippen LogP contribution >= 0.6 is 11.6 Å². The Kier molecular flexibility index (Phi) is 6.16. The molecule has 0 bridgehead atoms. The number of pyridine rings is 1. The number of ether oxygens (including phenoxy) is 1. The minimum absolute atomic E-state index is 0.314. The number of nitrogens with one attached hydrogen (secondary N) is 2. The van der Waals surface area contributed by atoms with E-state index in [1.165, 1.54) is 18.2 Å². The molecule has 0 saturated heterocycles. The molecule has 3 aromatic rings. The van der Waals surface area contributed by atoms with Crippen molar-refractivity contribution in [2.75, 3.05) is 17.7 Å². The summed E-state index contributed by atoms with van der Waals surface area (Å²) in [6.07, 6.45) is 1.65. The first-order valence-corrected chi connectivity index (χ1v) is 9.25. The van der Waals surface area contributed by atoms with E-state index >= 15 is 0 Å². The van der Waals surface area contributed by atoms with Crippen molar-refractivity contribution in [3.8, 4) is 5.75 Å². The van der Waals surface area contributed by atoms with Gasteiger partial charge in [-0.1, -0.05) is 35.9 Å². The number of halogens is 1. The van der Waals surface area contributed by atoms with Crippen molar-refractivity contribution in [3.05, 3.63) is 82.1 Å². The average Bonchev–Trinajstić information content (AvgIpc) is 2.70. The van der Waals surface area contributed by atoms with Crippen LogP contribution in [0.15, 0.2) is 54.7 Å². The largest absolute Gasteiger partial charge is 0.495 e. The molecule has 5 nitrogen and oxygen atoms in total. The van der Waals surface area contributed by atoms with Gasteiger partial charge in [0.2, 0.25) is 0 Å².